The third-order valence-corrected chi connectivity index (χ3v) is 3.95. The normalized spacial score (nSPS) is 10.2. The van der Waals surface area contributed by atoms with Gasteiger partial charge in [-0.15, -0.1) is 0 Å². The summed E-state index contributed by atoms with van der Waals surface area (Å²) in [7, 11) is 1.33. The van der Waals surface area contributed by atoms with Crippen LogP contribution in [0.1, 0.15) is 34.3 Å². The highest BCUT2D eigenvalue weighted by Crippen LogP contribution is 2.20. The van der Waals surface area contributed by atoms with Crippen molar-refractivity contribution in [3.8, 4) is 5.75 Å². The van der Waals surface area contributed by atoms with Gasteiger partial charge in [0.2, 0.25) is 5.91 Å². The van der Waals surface area contributed by atoms with Crippen molar-refractivity contribution in [3.63, 3.8) is 0 Å². The van der Waals surface area contributed by atoms with Gasteiger partial charge in [0.25, 0.3) is 0 Å². The van der Waals surface area contributed by atoms with Crippen molar-refractivity contribution in [2.24, 2.45) is 0 Å². The largest absolute Gasteiger partial charge is 0.493 e. The summed E-state index contributed by atoms with van der Waals surface area (Å²) >= 11 is 0. The van der Waals surface area contributed by atoms with Crippen molar-refractivity contribution < 1.29 is 19.1 Å². The molecule has 0 saturated heterocycles. The number of carbonyl (C=O) groups excluding carboxylic acids is 2. The monoisotopic (exact) mass is 341 g/mol. The molecule has 0 aromatic heterocycles. The number of benzene rings is 2. The Labute approximate surface area is 148 Å². The molecular weight excluding hydrogens is 318 g/mol. The van der Waals surface area contributed by atoms with E-state index in [9.17, 15) is 9.59 Å². The van der Waals surface area contributed by atoms with Gasteiger partial charge in [0.15, 0.2) is 0 Å². The molecule has 1 N–H and O–H groups in total. The minimum atomic E-state index is -0.401. The number of aryl methyl sites for hydroxylation is 1. The van der Waals surface area contributed by atoms with Gasteiger partial charge in [-0.1, -0.05) is 12.1 Å². The van der Waals surface area contributed by atoms with E-state index >= 15 is 0 Å². The van der Waals surface area contributed by atoms with Gasteiger partial charge in [-0.2, -0.15) is 0 Å². The summed E-state index contributed by atoms with van der Waals surface area (Å²) in [4.78, 5) is 23.3. The van der Waals surface area contributed by atoms with Crippen LogP contribution in [0.3, 0.4) is 0 Å². The molecule has 1 amide bonds. The SMILES string of the molecule is COC(=O)c1ccc(NC(=O)CCCOc2cccc(C)c2C)cc1. The lowest BCUT2D eigenvalue weighted by Crippen LogP contribution is -2.13. The Hall–Kier alpha value is -2.82. The molecule has 5 nitrogen and oxygen atoms in total. The first kappa shape index (κ1) is 18.5. The molecule has 0 saturated carbocycles. The standard InChI is InChI=1S/C20H23NO4/c1-14-6-4-7-18(15(14)2)25-13-5-8-19(22)21-17-11-9-16(10-12-17)20(23)24-3/h4,6-7,9-12H,5,8,13H2,1-3H3,(H,21,22). The second kappa shape index (κ2) is 8.87. The highest BCUT2D eigenvalue weighted by molar-refractivity contribution is 5.93. The molecule has 0 atom stereocenters. The molecule has 0 aliphatic carbocycles. The third-order valence-electron chi connectivity index (χ3n) is 3.95. The van der Waals surface area contributed by atoms with Gasteiger partial charge in [-0.25, -0.2) is 4.79 Å². The van der Waals surface area contributed by atoms with Gasteiger partial charge >= 0.3 is 5.97 Å². The molecule has 0 aliphatic heterocycles. The van der Waals surface area contributed by atoms with E-state index in [0.717, 1.165) is 11.3 Å². The Bertz CT molecular complexity index is 738. The fourth-order valence-corrected chi connectivity index (χ4v) is 2.33. The molecule has 0 heterocycles. The summed E-state index contributed by atoms with van der Waals surface area (Å²) in [5.41, 5.74) is 3.40. The zero-order valence-electron chi connectivity index (χ0n) is 14.8. The number of methoxy groups -OCH3 is 1. The van der Waals surface area contributed by atoms with Gasteiger partial charge in [0.1, 0.15) is 5.75 Å². The van der Waals surface area contributed by atoms with Crippen LogP contribution in [0, 0.1) is 13.8 Å². The number of esters is 1. The number of hydrogen-bond acceptors (Lipinski definition) is 4. The van der Waals surface area contributed by atoms with Crippen LogP contribution in [0.4, 0.5) is 5.69 Å². The molecule has 0 radical (unpaired) electrons. The smallest absolute Gasteiger partial charge is 0.337 e. The van der Waals surface area contributed by atoms with Crippen LogP contribution in [0.5, 0.6) is 5.75 Å². The van der Waals surface area contributed by atoms with Crippen LogP contribution in [0.25, 0.3) is 0 Å². The summed E-state index contributed by atoms with van der Waals surface area (Å²) in [5, 5.41) is 2.80. The summed E-state index contributed by atoms with van der Waals surface area (Å²) in [6, 6.07) is 12.5. The van der Waals surface area contributed by atoms with Gasteiger partial charge in [-0.05, 0) is 61.7 Å². The van der Waals surface area contributed by atoms with Gasteiger partial charge in [-0.3, -0.25) is 4.79 Å². The Balaban J connectivity index is 1.75. The Morgan fingerprint density at radius 2 is 1.76 bits per heavy atom. The van der Waals surface area contributed by atoms with Crippen molar-refractivity contribution >= 4 is 17.6 Å². The molecule has 0 fully saturated rings. The molecule has 0 spiro atoms. The molecule has 2 rings (SSSR count). The van der Waals surface area contributed by atoms with Crippen LogP contribution in [-0.4, -0.2) is 25.6 Å². The summed E-state index contributed by atoms with van der Waals surface area (Å²) in [6.45, 7) is 4.55. The van der Waals surface area contributed by atoms with E-state index in [4.69, 9.17) is 4.74 Å². The number of amides is 1. The molecule has 132 valence electrons. The minimum absolute atomic E-state index is 0.0876. The molecule has 25 heavy (non-hydrogen) atoms. The van der Waals surface area contributed by atoms with Crippen LogP contribution < -0.4 is 10.1 Å². The van der Waals surface area contributed by atoms with E-state index in [1.807, 2.05) is 32.0 Å². The zero-order valence-corrected chi connectivity index (χ0v) is 14.8. The first-order valence-corrected chi connectivity index (χ1v) is 8.18. The molecule has 5 heteroatoms. The lowest BCUT2D eigenvalue weighted by Gasteiger charge is -2.11. The maximum Gasteiger partial charge on any atom is 0.337 e. The van der Waals surface area contributed by atoms with Crippen LogP contribution >= 0.6 is 0 Å². The maximum atomic E-state index is 12.0. The van der Waals surface area contributed by atoms with Gasteiger partial charge < -0.3 is 14.8 Å². The number of ether oxygens (including phenoxy) is 2. The van der Waals surface area contributed by atoms with E-state index in [1.54, 1.807) is 24.3 Å². The van der Waals surface area contributed by atoms with Crippen molar-refractivity contribution in [2.75, 3.05) is 19.0 Å². The molecular formula is C20H23NO4. The summed E-state index contributed by atoms with van der Waals surface area (Å²) < 4.78 is 10.4. The average Bonchev–Trinajstić information content (AvgIpc) is 2.62. The number of hydrogen-bond donors (Lipinski definition) is 1. The third kappa shape index (κ3) is 5.35. The van der Waals surface area contributed by atoms with Crippen molar-refractivity contribution in [2.45, 2.75) is 26.7 Å². The lowest BCUT2D eigenvalue weighted by molar-refractivity contribution is -0.116. The second-order valence-electron chi connectivity index (χ2n) is 5.77. The fraction of sp³-hybridized carbons (Fsp3) is 0.300. The highest BCUT2D eigenvalue weighted by Gasteiger charge is 2.07. The Morgan fingerprint density at radius 1 is 1.04 bits per heavy atom. The van der Waals surface area contributed by atoms with E-state index in [2.05, 4.69) is 10.1 Å². The fourth-order valence-electron chi connectivity index (χ4n) is 2.33. The quantitative estimate of drug-likeness (QED) is 0.613. The van der Waals surface area contributed by atoms with E-state index < -0.39 is 5.97 Å². The topological polar surface area (TPSA) is 64.6 Å². The van der Waals surface area contributed by atoms with E-state index in [-0.39, 0.29) is 5.91 Å². The first-order chi connectivity index (χ1) is 12.0. The first-order valence-electron chi connectivity index (χ1n) is 8.18. The average molecular weight is 341 g/mol. The van der Waals surface area contributed by atoms with Crippen LogP contribution in [0.15, 0.2) is 42.5 Å². The number of nitrogens with one attached hydrogen (secondary N) is 1. The molecule has 0 unspecified atom stereocenters. The van der Waals surface area contributed by atoms with Crippen molar-refractivity contribution in [1.29, 1.82) is 0 Å². The summed E-state index contributed by atoms with van der Waals surface area (Å²) in [6.07, 6.45) is 0.989. The van der Waals surface area contributed by atoms with Gasteiger partial charge in [0, 0.05) is 12.1 Å². The van der Waals surface area contributed by atoms with Crippen molar-refractivity contribution in [3.05, 3.63) is 59.2 Å². The predicted octanol–water partition coefficient (Wildman–Crippen LogP) is 3.89. The zero-order chi connectivity index (χ0) is 18.2. The highest BCUT2D eigenvalue weighted by atomic mass is 16.5. The Morgan fingerprint density at radius 3 is 2.44 bits per heavy atom. The molecule has 0 aliphatic rings. The Kier molecular flexibility index (Phi) is 6.57. The van der Waals surface area contributed by atoms with Crippen LogP contribution in [0.2, 0.25) is 0 Å². The van der Waals surface area contributed by atoms with Crippen LogP contribution in [-0.2, 0) is 9.53 Å². The molecule has 2 aromatic rings. The predicted molar refractivity (Wildman–Crippen MR) is 97.1 cm³/mol. The number of carbonyl (C=O) groups is 2. The maximum absolute atomic E-state index is 12.0. The van der Waals surface area contributed by atoms with Crippen molar-refractivity contribution in [1.82, 2.24) is 0 Å². The molecule has 0 bridgehead atoms. The lowest BCUT2D eigenvalue weighted by atomic mass is 10.1. The van der Waals surface area contributed by atoms with E-state index in [1.165, 1.54) is 12.7 Å². The molecule has 2 aromatic carbocycles. The number of rotatable bonds is 7. The van der Waals surface area contributed by atoms with E-state index in [0.29, 0.717) is 30.7 Å². The van der Waals surface area contributed by atoms with Gasteiger partial charge in [0.05, 0.1) is 19.3 Å². The minimum Gasteiger partial charge on any atom is -0.493 e. The number of anilines is 1. The second-order valence-corrected chi connectivity index (χ2v) is 5.77. The summed E-state index contributed by atoms with van der Waals surface area (Å²) in [5.74, 6) is 0.371.